The fraction of sp³-hybridized carbons (Fsp3) is 0.190. The van der Waals surface area contributed by atoms with Crippen molar-refractivity contribution < 1.29 is 22.8 Å². The van der Waals surface area contributed by atoms with E-state index in [0.717, 1.165) is 17.3 Å². The van der Waals surface area contributed by atoms with Crippen LogP contribution in [0.1, 0.15) is 27.2 Å². The molecule has 2 amide bonds. The van der Waals surface area contributed by atoms with Crippen molar-refractivity contribution in [2.24, 2.45) is 0 Å². The molecule has 3 aromatic rings. The zero-order valence-electron chi connectivity index (χ0n) is 16.0. The first-order chi connectivity index (χ1) is 14.3. The normalized spacial score (nSPS) is 11.2. The van der Waals surface area contributed by atoms with Crippen molar-refractivity contribution in [2.45, 2.75) is 19.6 Å². The van der Waals surface area contributed by atoms with E-state index in [1.807, 2.05) is 30.3 Å². The molecule has 0 bridgehead atoms. The highest BCUT2D eigenvalue weighted by Gasteiger charge is 2.40. The fourth-order valence-electron chi connectivity index (χ4n) is 2.78. The molecule has 0 fully saturated rings. The second-order valence-corrected chi connectivity index (χ2v) is 6.60. The molecule has 156 valence electrons. The first-order valence-electron chi connectivity index (χ1n) is 9.07. The number of halogens is 3. The molecule has 0 aliphatic carbocycles. The van der Waals surface area contributed by atoms with Crippen molar-refractivity contribution in [3.05, 3.63) is 83.2 Å². The Morgan fingerprint density at radius 3 is 2.30 bits per heavy atom. The van der Waals surface area contributed by atoms with Crippen LogP contribution in [0, 0.1) is 6.92 Å². The Hall–Kier alpha value is -3.62. The van der Waals surface area contributed by atoms with Gasteiger partial charge in [-0.05, 0) is 24.6 Å². The number of carbonyl (C=O) groups is 2. The van der Waals surface area contributed by atoms with Gasteiger partial charge in [-0.15, -0.1) is 0 Å². The Morgan fingerprint density at radius 1 is 1.00 bits per heavy atom. The van der Waals surface area contributed by atoms with E-state index in [4.69, 9.17) is 0 Å². The van der Waals surface area contributed by atoms with Gasteiger partial charge in [0.15, 0.2) is 5.69 Å². The Bertz CT molecular complexity index is 1030. The number of hydrogen-bond acceptors (Lipinski definition) is 3. The summed E-state index contributed by atoms with van der Waals surface area (Å²) in [6.45, 7) is 1.59. The minimum absolute atomic E-state index is 0.174. The smallest absolute Gasteiger partial charge is 0.350 e. The molecular formula is C21H19F3N4O2. The minimum Gasteiger partial charge on any atom is -0.350 e. The largest absolute Gasteiger partial charge is 0.434 e. The van der Waals surface area contributed by atoms with E-state index >= 15 is 0 Å². The summed E-state index contributed by atoms with van der Waals surface area (Å²) < 4.78 is 41.6. The van der Waals surface area contributed by atoms with E-state index in [1.54, 1.807) is 19.1 Å². The molecule has 0 radical (unpaired) electrons. The van der Waals surface area contributed by atoms with Crippen LogP contribution in [-0.4, -0.2) is 28.1 Å². The average Bonchev–Trinajstić information content (AvgIpc) is 3.17. The van der Waals surface area contributed by atoms with Gasteiger partial charge in [0.1, 0.15) is 0 Å². The van der Waals surface area contributed by atoms with E-state index in [0.29, 0.717) is 4.68 Å². The first kappa shape index (κ1) is 21.1. The lowest BCUT2D eigenvalue weighted by atomic mass is 10.2. The fourth-order valence-corrected chi connectivity index (χ4v) is 2.78. The first-order valence-corrected chi connectivity index (χ1v) is 9.07. The molecule has 0 aliphatic rings. The summed E-state index contributed by atoms with van der Waals surface area (Å²) in [5.74, 6) is -1.55. The molecule has 0 saturated heterocycles. The van der Waals surface area contributed by atoms with Crippen LogP contribution in [0.2, 0.25) is 0 Å². The summed E-state index contributed by atoms with van der Waals surface area (Å²) in [5, 5.41) is 8.55. The second-order valence-electron chi connectivity index (χ2n) is 6.60. The van der Waals surface area contributed by atoms with E-state index < -0.39 is 35.8 Å². The summed E-state index contributed by atoms with van der Waals surface area (Å²) in [7, 11) is 0. The number of benzene rings is 2. The molecule has 2 N–H and O–H groups in total. The highest BCUT2D eigenvalue weighted by Crippen LogP contribution is 2.33. The van der Waals surface area contributed by atoms with Crippen molar-refractivity contribution in [2.75, 3.05) is 6.54 Å². The van der Waals surface area contributed by atoms with Crippen LogP contribution in [0.4, 0.5) is 13.2 Å². The molecule has 6 nitrogen and oxygen atoms in total. The van der Waals surface area contributed by atoms with Crippen LogP contribution in [0.15, 0.2) is 60.8 Å². The Balaban J connectivity index is 1.71. The number of amides is 2. The van der Waals surface area contributed by atoms with Gasteiger partial charge in [0.2, 0.25) is 5.91 Å². The van der Waals surface area contributed by atoms with Crippen molar-refractivity contribution in [1.29, 1.82) is 0 Å². The number of aromatic nitrogens is 2. The maximum atomic E-state index is 13.7. The maximum absolute atomic E-state index is 13.7. The highest BCUT2D eigenvalue weighted by molar-refractivity contribution is 5.97. The lowest BCUT2D eigenvalue weighted by Gasteiger charge is -2.13. The predicted molar refractivity (Wildman–Crippen MR) is 104 cm³/mol. The molecule has 0 atom stereocenters. The molecule has 0 aliphatic heterocycles. The minimum atomic E-state index is -4.82. The van der Waals surface area contributed by atoms with Crippen LogP contribution in [0.5, 0.6) is 0 Å². The predicted octanol–water partition coefficient (Wildman–Crippen LogP) is 3.25. The van der Waals surface area contributed by atoms with Gasteiger partial charge in [-0.1, -0.05) is 48.0 Å². The van der Waals surface area contributed by atoms with Crippen LogP contribution in [0.3, 0.4) is 0 Å². The molecule has 0 saturated carbocycles. The topological polar surface area (TPSA) is 76.0 Å². The number of hydrogen-bond donors (Lipinski definition) is 2. The quantitative estimate of drug-likeness (QED) is 0.648. The monoisotopic (exact) mass is 416 g/mol. The molecule has 9 heteroatoms. The summed E-state index contributed by atoms with van der Waals surface area (Å²) in [6.07, 6.45) is -3.97. The lowest BCUT2D eigenvalue weighted by molar-refractivity contribution is -0.143. The molecule has 0 unspecified atom stereocenters. The van der Waals surface area contributed by atoms with Gasteiger partial charge in [0.25, 0.3) is 5.91 Å². The van der Waals surface area contributed by atoms with Crippen molar-refractivity contribution >= 4 is 11.8 Å². The Morgan fingerprint density at radius 2 is 1.67 bits per heavy atom. The third-order valence-electron chi connectivity index (χ3n) is 4.30. The van der Waals surface area contributed by atoms with Gasteiger partial charge in [0.05, 0.1) is 24.0 Å². The summed E-state index contributed by atoms with van der Waals surface area (Å²) >= 11 is 0. The average molecular weight is 416 g/mol. The van der Waals surface area contributed by atoms with Gasteiger partial charge >= 0.3 is 6.18 Å². The Labute approximate surface area is 170 Å². The molecule has 1 aromatic heterocycles. The van der Waals surface area contributed by atoms with Crippen molar-refractivity contribution in [3.8, 4) is 5.69 Å². The van der Waals surface area contributed by atoms with Crippen molar-refractivity contribution in [1.82, 2.24) is 20.4 Å². The standard InChI is InChI=1S/C21H19F3N4O2/c1-14-7-9-16(10-8-14)28-19(21(22,23)24)17(12-27-28)20(30)26-13-18(29)25-11-15-5-3-2-4-6-15/h2-10,12H,11,13H2,1H3,(H,25,29)(H,26,30). The van der Waals surface area contributed by atoms with Crippen LogP contribution in [0.25, 0.3) is 5.69 Å². The Kier molecular flexibility index (Phi) is 6.20. The zero-order chi connectivity index (χ0) is 21.7. The van der Waals surface area contributed by atoms with E-state index in [-0.39, 0.29) is 12.2 Å². The van der Waals surface area contributed by atoms with Crippen LogP contribution < -0.4 is 10.6 Å². The molecule has 1 heterocycles. The second kappa shape index (κ2) is 8.81. The van der Waals surface area contributed by atoms with Gasteiger partial charge in [-0.25, -0.2) is 4.68 Å². The molecule has 30 heavy (non-hydrogen) atoms. The molecule has 3 rings (SSSR count). The van der Waals surface area contributed by atoms with Crippen LogP contribution >= 0.6 is 0 Å². The summed E-state index contributed by atoms with van der Waals surface area (Å²) in [4.78, 5) is 24.3. The SMILES string of the molecule is Cc1ccc(-n2ncc(C(=O)NCC(=O)NCc3ccccc3)c2C(F)(F)F)cc1. The molecule has 0 spiro atoms. The van der Waals surface area contributed by atoms with Gasteiger partial charge < -0.3 is 10.6 Å². The van der Waals surface area contributed by atoms with Crippen LogP contribution in [-0.2, 0) is 17.5 Å². The molecule has 2 aromatic carbocycles. The third kappa shape index (κ3) is 5.05. The number of rotatable bonds is 6. The zero-order valence-corrected chi connectivity index (χ0v) is 16.0. The highest BCUT2D eigenvalue weighted by atomic mass is 19.4. The molecular weight excluding hydrogens is 397 g/mol. The lowest BCUT2D eigenvalue weighted by Crippen LogP contribution is -2.37. The number of nitrogens with one attached hydrogen (secondary N) is 2. The number of aryl methyl sites for hydroxylation is 1. The van der Waals surface area contributed by atoms with E-state index in [1.165, 1.54) is 12.1 Å². The van der Waals surface area contributed by atoms with E-state index in [2.05, 4.69) is 15.7 Å². The van der Waals surface area contributed by atoms with E-state index in [9.17, 15) is 22.8 Å². The number of alkyl halides is 3. The number of carbonyl (C=O) groups excluding carboxylic acids is 2. The third-order valence-corrected chi connectivity index (χ3v) is 4.30. The maximum Gasteiger partial charge on any atom is 0.434 e. The van der Waals surface area contributed by atoms with Gasteiger partial charge in [-0.3, -0.25) is 9.59 Å². The van der Waals surface area contributed by atoms with Gasteiger partial charge in [-0.2, -0.15) is 18.3 Å². The summed E-state index contributed by atoms with van der Waals surface area (Å²) in [6, 6.07) is 15.3. The number of nitrogens with zero attached hydrogens (tertiary/aromatic N) is 2. The van der Waals surface area contributed by atoms with Gasteiger partial charge in [0, 0.05) is 6.54 Å². The van der Waals surface area contributed by atoms with Crippen molar-refractivity contribution in [3.63, 3.8) is 0 Å². The summed E-state index contributed by atoms with van der Waals surface area (Å²) in [5.41, 5.74) is 0.0508.